The second-order valence-electron chi connectivity index (χ2n) is 3.74. The maximum atomic E-state index is 10.2. The molecule has 0 saturated heterocycles. The lowest BCUT2D eigenvalue weighted by atomic mass is 9.79. The molecule has 1 saturated carbocycles. The smallest absolute Gasteiger partial charge is 0.198 e. The van der Waals surface area contributed by atoms with Crippen molar-refractivity contribution in [2.75, 3.05) is 6.54 Å². The van der Waals surface area contributed by atoms with Crippen LogP contribution < -0.4 is 5.73 Å². The van der Waals surface area contributed by atoms with Gasteiger partial charge >= 0.3 is 0 Å². The van der Waals surface area contributed by atoms with Crippen molar-refractivity contribution in [1.82, 2.24) is 0 Å². The molecule has 1 radical (unpaired) electrons. The Morgan fingerprint density at radius 2 is 2.00 bits per heavy atom. The average Bonchev–Trinajstić information content (AvgIpc) is 2.15. The van der Waals surface area contributed by atoms with Gasteiger partial charge in [-0.3, -0.25) is 4.79 Å². The summed E-state index contributed by atoms with van der Waals surface area (Å²) in [5.41, 5.74) is 5.61. The van der Waals surface area contributed by atoms with Crippen molar-refractivity contribution in [1.29, 1.82) is 0 Å². The Morgan fingerprint density at radius 3 is 2.50 bits per heavy atom. The van der Waals surface area contributed by atoms with Crippen LogP contribution >= 0.6 is 0 Å². The lowest BCUT2D eigenvalue weighted by Gasteiger charge is -2.27. The summed E-state index contributed by atoms with van der Waals surface area (Å²) in [5, 5.41) is 0. The summed E-state index contributed by atoms with van der Waals surface area (Å²) < 4.78 is 0. The van der Waals surface area contributed by atoms with Crippen molar-refractivity contribution in [2.24, 2.45) is 17.6 Å². The Bertz CT molecular complexity index is 130. The van der Waals surface area contributed by atoms with Crippen LogP contribution in [-0.2, 0) is 4.79 Å². The zero-order valence-corrected chi connectivity index (χ0v) is 7.59. The van der Waals surface area contributed by atoms with E-state index in [4.69, 9.17) is 5.73 Å². The van der Waals surface area contributed by atoms with Crippen LogP contribution in [-0.4, -0.2) is 12.8 Å². The van der Waals surface area contributed by atoms with Crippen LogP contribution in [0.15, 0.2) is 0 Å². The summed E-state index contributed by atoms with van der Waals surface area (Å²) in [5.74, 6) is 1.10. The van der Waals surface area contributed by atoms with Crippen LogP contribution in [0.5, 0.6) is 0 Å². The molecule has 0 spiro atoms. The van der Waals surface area contributed by atoms with Gasteiger partial charge in [0.15, 0.2) is 6.29 Å². The summed E-state index contributed by atoms with van der Waals surface area (Å²) in [6, 6.07) is 0. The van der Waals surface area contributed by atoms with Gasteiger partial charge in [-0.15, -0.1) is 0 Å². The SMILES string of the molecule is NCC(C[C]=O)C1CCCCC1. The van der Waals surface area contributed by atoms with Crippen molar-refractivity contribution >= 4 is 6.29 Å². The second kappa shape index (κ2) is 5.31. The highest BCUT2D eigenvalue weighted by Gasteiger charge is 2.21. The largest absolute Gasteiger partial charge is 0.330 e. The van der Waals surface area contributed by atoms with E-state index in [2.05, 4.69) is 0 Å². The van der Waals surface area contributed by atoms with E-state index >= 15 is 0 Å². The Kier molecular flexibility index (Phi) is 4.30. The highest BCUT2D eigenvalue weighted by Crippen LogP contribution is 2.30. The minimum atomic E-state index is 0.405. The van der Waals surface area contributed by atoms with Crippen molar-refractivity contribution < 1.29 is 4.79 Å². The first-order chi connectivity index (χ1) is 5.88. The maximum absolute atomic E-state index is 10.2. The fourth-order valence-corrected chi connectivity index (χ4v) is 2.16. The van der Waals surface area contributed by atoms with Crippen LogP contribution in [0.3, 0.4) is 0 Å². The van der Waals surface area contributed by atoms with Gasteiger partial charge in [0.1, 0.15) is 0 Å². The molecular formula is C10H18NO. The van der Waals surface area contributed by atoms with Gasteiger partial charge in [-0.25, -0.2) is 0 Å². The molecule has 12 heavy (non-hydrogen) atoms. The van der Waals surface area contributed by atoms with Crippen LogP contribution in [0.1, 0.15) is 38.5 Å². The molecule has 0 bridgehead atoms. The lowest BCUT2D eigenvalue weighted by molar-refractivity contribution is 0.256. The Morgan fingerprint density at radius 1 is 1.33 bits per heavy atom. The molecule has 1 fully saturated rings. The highest BCUT2D eigenvalue weighted by atomic mass is 16.1. The fourth-order valence-electron chi connectivity index (χ4n) is 2.16. The molecule has 0 aromatic rings. The van der Waals surface area contributed by atoms with Gasteiger partial charge in [-0.1, -0.05) is 32.1 Å². The third-order valence-electron chi connectivity index (χ3n) is 2.96. The Balaban J connectivity index is 2.34. The third-order valence-corrected chi connectivity index (χ3v) is 2.96. The molecule has 1 unspecified atom stereocenters. The second-order valence-corrected chi connectivity index (χ2v) is 3.74. The van der Waals surface area contributed by atoms with E-state index in [-0.39, 0.29) is 0 Å². The van der Waals surface area contributed by atoms with Crippen LogP contribution in [0, 0.1) is 11.8 Å². The van der Waals surface area contributed by atoms with E-state index in [1.54, 1.807) is 0 Å². The van der Waals surface area contributed by atoms with Gasteiger partial charge in [0.2, 0.25) is 0 Å². The summed E-state index contributed by atoms with van der Waals surface area (Å²) in [4.78, 5) is 10.2. The number of carbonyl (C=O) groups excluding carboxylic acids is 1. The minimum absolute atomic E-state index is 0.405. The monoisotopic (exact) mass is 168 g/mol. The molecule has 1 atom stereocenters. The summed E-state index contributed by atoms with van der Waals surface area (Å²) in [6.07, 6.45) is 9.06. The molecule has 0 aliphatic heterocycles. The van der Waals surface area contributed by atoms with Crippen molar-refractivity contribution in [3.8, 4) is 0 Å². The van der Waals surface area contributed by atoms with Crippen molar-refractivity contribution in [3.63, 3.8) is 0 Å². The fraction of sp³-hybridized carbons (Fsp3) is 0.900. The number of hydrogen-bond donors (Lipinski definition) is 1. The van der Waals surface area contributed by atoms with Crippen molar-refractivity contribution in [3.05, 3.63) is 0 Å². The van der Waals surface area contributed by atoms with Gasteiger partial charge in [-0.05, 0) is 18.4 Å². The normalized spacial score (nSPS) is 22.1. The minimum Gasteiger partial charge on any atom is -0.330 e. The molecule has 2 nitrogen and oxygen atoms in total. The van der Waals surface area contributed by atoms with E-state index in [1.165, 1.54) is 32.1 Å². The number of nitrogens with two attached hydrogens (primary N) is 1. The van der Waals surface area contributed by atoms with Crippen LogP contribution in [0.25, 0.3) is 0 Å². The molecule has 0 aromatic carbocycles. The van der Waals surface area contributed by atoms with E-state index in [9.17, 15) is 4.79 Å². The van der Waals surface area contributed by atoms with Gasteiger partial charge in [-0.2, -0.15) is 0 Å². The summed E-state index contributed by atoms with van der Waals surface area (Å²) >= 11 is 0. The molecule has 0 aromatic heterocycles. The molecular weight excluding hydrogens is 150 g/mol. The van der Waals surface area contributed by atoms with Crippen LogP contribution in [0.2, 0.25) is 0 Å². The predicted octanol–water partition coefficient (Wildman–Crippen LogP) is 1.64. The number of rotatable bonds is 4. The molecule has 0 heterocycles. The first-order valence-electron chi connectivity index (χ1n) is 4.93. The Hall–Kier alpha value is -0.370. The van der Waals surface area contributed by atoms with E-state index in [0.717, 1.165) is 0 Å². The average molecular weight is 168 g/mol. The topological polar surface area (TPSA) is 43.1 Å². The standard InChI is InChI=1S/C10H18NO/c11-8-10(6-7-12)9-4-2-1-3-5-9/h9-10H,1-6,8,11H2. The van der Waals surface area contributed by atoms with Gasteiger partial charge in [0.25, 0.3) is 0 Å². The first kappa shape index (κ1) is 9.72. The molecule has 2 N–H and O–H groups in total. The molecule has 0 amide bonds. The van der Waals surface area contributed by atoms with E-state index in [0.29, 0.717) is 24.8 Å². The van der Waals surface area contributed by atoms with Gasteiger partial charge < -0.3 is 5.73 Å². The molecule has 1 aliphatic rings. The number of hydrogen-bond acceptors (Lipinski definition) is 2. The third kappa shape index (κ3) is 2.59. The summed E-state index contributed by atoms with van der Waals surface area (Å²) in [6.45, 7) is 0.653. The highest BCUT2D eigenvalue weighted by molar-refractivity contribution is 5.50. The maximum Gasteiger partial charge on any atom is 0.198 e. The van der Waals surface area contributed by atoms with Gasteiger partial charge in [0.05, 0.1) is 0 Å². The van der Waals surface area contributed by atoms with Gasteiger partial charge in [0, 0.05) is 6.42 Å². The van der Waals surface area contributed by atoms with Crippen LogP contribution in [0.4, 0.5) is 0 Å². The molecule has 1 aliphatic carbocycles. The first-order valence-corrected chi connectivity index (χ1v) is 4.93. The zero-order valence-electron chi connectivity index (χ0n) is 7.59. The summed E-state index contributed by atoms with van der Waals surface area (Å²) in [7, 11) is 0. The quantitative estimate of drug-likeness (QED) is 0.693. The molecule has 69 valence electrons. The van der Waals surface area contributed by atoms with E-state index < -0.39 is 0 Å². The molecule has 2 heteroatoms. The molecule has 1 rings (SSSR count). The van der Waals surface area contributed by atoms with E-state index in [1.807, 2.05) is 6.29 Å². The Labute approximate surface area is 74.5 Å². The predicted molar refractivity (Wildman–Crippen MR) is 49.4 cm³/mol. The van der Waals surface area contributed by atoms with Crippen molar-refractivity contribution in [2.45, 2.75) is 38.5 Å². The lowest BCUT2D eigenvalue weighted by Crippen LogP contribution is -2.25. The zero-order chi connectivity index (χ0) is 8.81.